The monoisotopic (exact) mass is 646 g/mol. The highest BCUT2D eigenvalue weighted by Crippen LogP contribution is 2.43. The first kappa shape index (κ1) is 38.4. The zero-order valence-corrected chi connectivity index (χ0v) is 28.8. The number of hydrogen-bond acceptors (Lipinski definition) is 6. The number of carboxylic acid groups (broad SMARTS) is 1. The van der Waals surface area contributed by atoms with Crippen molar-refractivity contribution in [1.29, 1.82) is 0 Å². The van der Waals surface area contributed by atoms with Crippen LogP contribution in [0.15, 0.2) is 36.4 Å². The van der Waals surface area contributed by atoms with Gasteiger partial charge >= 0.3 is 0 Å². The fourth-order valence-electron chi connectivity index (χ4n) is 6.28. The Labute approximate surface area is 275 Å². The van der Waals surface area contributed by atoms with Crippen molar-refractivity contribution in [2.24, 2.45) is 11.8 Å². The standard InChI is InChI=1S/C33H47ClN2O4.C2H6.CH2O2/c1-5-8-25-17-28(34)12-14-29(25)27-20-36(31-18-24(22(2)37)11-15-33(31)40-21-27)19-26-10-13-30(26)32(39)9-6-7-16-35(4)23(3)38;1-2;2-1-3/h11-12,14-15,17-18,22,26-27,30,32,37,39H,5-10,13,16,19-21H2,1-4H3;1-2H3;1H,(H,2,3). The molecule has 1 saturated carbocycles. The summed E-state index contributed by atoms with van der Waals surface area (Å²) in [6.07, 6.45) is 5.89. The lowest BCUT2D eigenvalue weighted by Crippen LogP contribution is -2.44. The molecule has 2 aromatic carbocycles. The van der Waals surface area contributed by atoms with Crippen LogP contribution in [-0.2, 0) is 16.0 Å². The number of carbonyl (C=O) groups excluding carboxylic acids is 1. The highest BCUT2D eigenvalue weighted by atomic mass is 35.5. The number of carbonyl (C=O) groups is 2. The van der Waals surface area contributed by atoms with Crippen molar-refractivity contribution in [3.63, 3.8) is 0 Å². The molecule has 252 valence electrons. The van der Waals surface area contributed by atoms with Crippen molar-refractivity contribution in [3.8, 4) is 5.75 Å². The third kappa shape index (κ3) is 11.2. The summed E-state index contributed by atoms with van der Waals surface area (Å²) < 4.78 is 6.42. The molecule has 2 aromatic rings. The smallest absolute Gasteiger partial charge is 0.290 e. The molecule has 1 fully saturated rings. The van der Waals surface area contributed by atoms with Crippen molar-refractivity contribution < 1.29 is 29.6 Å². The number of hydrogen-bond donors (Lipinski definition) is 3. The van der Waals surface area contributed by atoms with Gasteiger partial charge in [0.05, 0.1) is 24.5 Å². The maximum absolute atomic E-state index is 11.5. The van der Waals surface area contributed by atoms with Crippen molar-refractivity contribution >= 4 is 29.7 Å². The van der Waals surface area contributed by atoms with Gasteiger partial charge in [-0.25, -0.2) is 0 Å². The Hall–Kier alpha value is -2.81. The van der Waals surface area contributed by atoms with Gasteiger partial charge in [-0.15, -0.1) is 0 Å². The summed E-state index contributed by atoms with van der Waals surface area (Å²) in [4.78, 5) is 24.0. The van der Waals surface area contributed by atoms with Gasteiger partial charge < -0.3 is 29.9 Å². The molecule has 1 aliphatic heterocycles. The van der Waals surface area contributed by atoms with Gasteiger partial charge in [0.25, 0.3) is 6.47 Å². The Morgan fingerprint density at radius 1 is 1.16 bits per heavy atom. The van der Waals surface area contributed by atoms with Gasteiger partial charge in [0.15, 0.2) is 0 Å². The third-order valence-electron chi connectivity index (χ3n) is 8.96. The molecule has 1 amide bonds. The molecule has 1 aliphatic carbocycles. The average molecular weight is 647 g/mol. The molecule has 0 aromatic heterocycles. The van der Waals surface area contributed by atoms with E-state index in [0.29, 0.717) is 12.5 Å². The van der Waals surface area contributed by atoms with E-state index in [1.807, 2.05) is 39.1 Å². The number of halogens is 1. The minimum Gasteiger partial charge on any atom is -0.491 e. The lowest BCUT2D eigenvalue weighted by molar-refractivity contribution is -0.127. The van der Waals surface area contributed by atoms with Crippen LogP contribution in [0, 0.1) is 11.8 Å². The molecule has 45 heavy (non-hydrogen) atoms. The van der Waals surface area contributed by atoms with Crippen molar-refractivity contribution in [2.45, 2.75) is 97.7 Å². The Bertz CT molecular complexity index is 1190. The van der Waals surface area contributed by atoms with Crippen LogP contribution in [0.4, 0.5) is 5.69 Å². The van der Waals surface area contributed by atoms with E-state index in [1.165, 1.54) is 11.1 Å². The first-order chi connectivity index (χ1) is 21.6. The number of aliphatic hydroxyl groups is 2. The van der Waals surface area contributed by atoms with E-state index >= 15 is 0 Å². The topological polar surface area (TPSA) is 111 Å². The summed E-state index contributed by atoms with van der Waals surface area (Å²) in [6, 6.07) is 12.3. The Balaban J connectivity index is 0.00000133. The summed E-state index contributed by atoms with van der Waals surface area (Å²) in [6.45, 7) is 12.3. The normalized spacial score (nSPS) is 19.9. The summed E-state index contributed by atoms with van der Waals surface area (Å²) in [5, 5.41) is 29.1. The molecule has 5 unspecified atom stereocenters. The molecular formula is C36H55ClN2O6. The molecular weight excluding hydrogens is 592 g/mol. The number of aliphatic hydroxyl groups excluding tert-OH is 2. The van der Waals surface area contributed by atoms with Crippen LogP contribution >= 0.6 is 11.6 Å². The summed E-state index contributed by atoms with van der Waals surface area (Å²) >= 11 is 6.38. The average Bonchev–Trinajstić information content (AvgIpc) is 3.18. The van der Waals surface area contributed by atoms with Crippen LogP contribution in [-0.4, -0.2) is 72.0 Å². The SMILES string of the molecule is CC.CCCc1cc(Cl)ccc1C1COc2ccc(C(C)O)cc2N(CC2CCC2C(O)CCCCN(C)C(C)=O)C1.O=CO. The van der Waals surface area contributed by atoms with E-state index in [9.17, 15) is 15.0 Å². The van der Waals surface area contributed by atoms with Crippen LogP contribution in [0.25, 0.3) is 0 Å². The molecule has 0 spiro atoms. The molecule has 0 saturated heterocycles. The van der Waals surface area contributed by atoms with Crippen LogP contribution in [0.3, 0.4) is 0 Å². The zero-order valence-electron chi connectivity index (χ0n) is 28.0. The number of nitrogens with zero attached hydrogens (tertiary/aromatic N) is 2. The van der Waals surface area contributed by atoms with Crippen LogP contribution < -0.4 is 9.64 Å². The molecule has 4 rings (SSSR count). The molecule has 2 aliphatic rings. The largest absolute Gasteiger partial charge is 0.491 e. The quantitative estimate of drug-likeness (QED) is 0.167. The maximum atomic E-state index is 11.5. The number of fused-ring (bicyclic) bond motifs is 1. The second kappa shape index (κ2) is 19.6. The van der Waals surface area contributed by atoms with E-state index in [0.717, 1.165) is 86.6 Å². The van der Waals surface area contributed by atoms with E-state index in [-0.39, 0.29) is 30.3 Å². The molecule has 0 bridgehead atoms. The van der Waals surface area contributed by atoms with Gasteiger partial charge in [0, 0.05) is 44.5 Å². The van der Waals surface area contributed by atoms with Crippen LogP contribution in [0.2, 0.25) is 5.02 Å². The highest BCUT2D eigenvalue weighted by molar-refractivity contribution is 6.30. The van der Waals surface area contributed by atoms with E-state index in [2.05, 4.69) is 30.0 Å². The number of anilines is 1. The predicted octanol–water partition coefficient (Wildman–Crippen LogP) is 7.09. The number of benzene rings is 2. The lowest BCUT2D eigenvalue weighted by Gasteiger charge is -2.43. The van der Waals surface area contributed by atoms with E-state index < -0.39 is 6.10 Å². The Kier molecular flexibility index (Phi) is 16.8. The summed E-state index contributed by atoms with van der Waals surface area (Å²) in [5.41, 5.74) is 4.48. The minimum absolute atomic E-state index is 0.0822. The maximum Gasteiger partial charge on any atom is 0.290 e. The van der Waals surface area contributed by atoms with Crippen molar-refractivity contribution in [1.82, 2.24) is 4.90 Å². The van der Waals surface area contributed by atoms with Gasteiger partial charge in [0.1, 0.15) is 5.75 Å². The number of unbranched alkanes of at least 4 members (excludes halogenated alkanes) is 1. The Morgan fingerprint density at radius 2 is 1.87 bits per heavy atom. The van der Waals surface area contributed by atoms with Crippen LogP contribution in [0.5, 0.6) is 5.75 Å². The molecule has 0 radical (unpaired) electrons. The first-order valence-corrected chi connectivity index (χ1v) is 16.9. The second-order valence-electron chi connectivity index (χ2n) is 12.0. The molecule has 1 heterocycles. The van der Waals surface area contributed by atoms with Crippen molar-refractivity contribution in [3.05, 3.63) is 58.1 Å². The Morgan fingerprint density at radius 3 is 2.47 bits per heavy atom. The fourth-order valence-corrected chi connectivity index (χ4v) is 6.47. The number of rotatable bonds is 12. The second-order valence-corrected chi connectivity index (χ2v) is 12.5. The highest BCUT2D eigenvalue weighted by Gasteiger charge is 2.38. The number of ether oxygens (including phenoxy) is 1. The van der Waals surface area contributed by atoms with E-state index in [4.69, 9.17) is 26.2 Å². The zero-order chi connectivity index (χ0) is 33.5. The summed E-state index contributed by atoms with van der Waals surface area (Å²) in [7, 11) is 1.83. The fraction of sp³-hybridized carbons (Fsp3) is 0.611. The predicted molar refractivity (Wildman–Crippen MR) is 182 cm³/mol. The summed E-state index contributed by atoms with van der Waals surface area (Å²) in [5.74, 6) is 1.80. The van der Waals surface area contributed by atoms with Crippen LogP contribution in [0.1, 0.15) is 102 Å². The van der Waals surface area contributed by atoms with Gasteiger partial charge in [-0.2, -0.15) is 0 Å². The molecule has 9 heteroatoms. The van der Waals surface area contributed by atoms with Crippen molar-refractivity contribution in [2.75, 3.05) is 38.2 Å². The number of aryl methyl sites for hydroxylation is 1. The lowest BCUT2D eigenvalue weighted by atomic mass is 9.69. The molecule has 8 nitrogen and oxygen atoms in total. The third-order valence-corrected chi connectivity index (χ3v) is 9.19. The van der Waals surface area contributed by atoms with Gasteiger partial charge in [-0.1, -0.05) is 50.9 Å². The number of amides is 1. The minimum atomic E-state index is -0.557. The van der Waals surface area contributed by atoms with Gasteiger partial charge in [0.2, 0.25) is 5.91 Å². The van der Waals surface area contributed by atoms with Gasteiger partial charge in [-0.3, -0.25) is 9.59 Å². The molecule has 3 N–H and O–H groups in total. The first-order valence-electron chi connectivity index (χ1n) is 16.5. The van der Waals surface area contributed by atoms with Gasteiger partial charge in [-0.05, 0) is 98.2 Å². The molecule has 5 atom stereocenters. The van der Waals surface area contributed by atoms with E-state index in [1.54, 1.807) is 18.7 Å².